The van der Waals surface area contributed by atoms with E-state index in [9.17, 15) is 14.7 Å². The Morgan fingerprint density at radius 2 is 2.15 bits per heavy atom. The molecule has 1 fully saturated rings. The van der Waals surface area contributed by atoms with Crippen LogP contribution in [0.3, 0.4) is 0 Å². The number of nitrogens with zero attached hydrogens (tertiary/aromatic N) is 1. The molecular formula is C14H15BrINO3. The van der Waals surface area contributed by atoms with Crippen molar-refractivity contribution in [1.82, 2.24) is 4.90 Å². The zero-order valence-electron chi connectivity index (χ0n) is 11.0. The second-order valence-corrected chi connectivity index (χ2v) is 7.42. The predicted octanol–water partition coefficient (Wildman–Crippen LogP) is 3.38. The van der Waals surface area contributed by atoms with Crippen LogP contribution in [0.1, 0.15) is 30.1 Å². The van der Waals surface area contributed by atoms with E-state index in [1.807, 2.05) is 18.2 Å². The van der Waals surface area contributed by atoms with Gasteiger partial charge in [0.2, 0.25) is 0 Å². The van der Waals surface area contributed by atoms with E-state index < -0.39 is 11.4 Å². The Hall–Kier alpha value is -0.630. The van der Waals surface area contributed by atoms with Crippen molar-refractivity contribution in [1.29, 1.82) is 0 Å². The van der Waals surface area contributed by atoms with Crippen molar-refractivity contribution in [3.63, 3.8) is 0 Å². The summed E-state index contributed by atoms with van der Waals surface area (Å²) in [4.78, 5) is 25.6. The number of carbonyl (C=O) groups is 2. The Morgan fingerprint density at radius 1 is 1.45 bits per heavy atom. The number of likely N-dealkylation sites (tertiary alicyclic amines) is 1. The van der Waals surface area contributed by atoms with Gasteiger partial charge < -0.3 is 10.0 Å². The highest BCUT2D eigenvalue weighted by molar-refractivity contribution is 14.1. The Bertz CT molecular complexity index is 563. The summed E-state index contributed by atoms with van der Waals surface area (Å²) < 4.78 is 1.72. The van der Waals surface area contributed by atoms with Gasteiger partial charge in [-0.3, -0.25) is 9.59 Å². The second-order valence-electron chi connectivity index (χ2n) is 5.32. The van der Waals surface area contributed by atoms with Crippen LogP contribution in [0.5, 0.6) is 0 Å². The van der Waals surface area contributed by atoms with Crippen LogP contribution in [0.25, 0.3) is 0 Å². The zero-order valence-corrected chi connectivity index (χ0v) is 14.8. The van der Waals surface area contributed by atoms with Gasteiger partial charge in [-0.2, -0.15) is 0 Å². The van der Waals surface area contributed by atoms with E-state index in [0.717, 1.165) is 14.5 Å². The third-order valence-corrected chi connectivity index (χ3v) is 5.02. The fourth-order valence-electron chi connectivity index (χ4n) is 2.42. The van der Waals surface area contributed by atoms with E-state index in [2.05, 4.69) is 38.5 Å². The maximum Gasteiger partial charge on any atom is 0.311 e. The number of benzene rings is 1. The van der Waals surface area contributed by atoms with Crippen LogP contribution in [0.2, 0.25) is 0 Å². The first kappa shape index (κ1) is 15.8. The first-order valence-corrected chi connectivity index (χ1v) is 8.18. The van der Waals surface area contributed by atoms with Crippen molar-refractivity contribution >= 4 is 50.4 Å². The number of hydrogen-bond donors (Lipinski definition) is 1. The standard InChI is InChI=1S/C14H15BrINO3/c1-14(13(19)20)5-2-6-17(8-14)12(18)10-7-9(16)3-4-11(10)15/h3-4,7H,2,5-6,8H2,1H3,(H,19,20). The molecule has 1 heterocycles. The van der Waals surface area contributed by atoms with Gasteiger partial charge in [-0.1, -0.05) is 0 Å². The molecule has 0 spiro atoms. The third-order valence-electron chi connectivity index (χ3n) is 3.66. The second kappa shape index (κ2) is 6.01. The van der Waals surface area contributed by atoms with Gasteiger partial charge in [0, 0.05) is 21.1 Å². The fraction of sp³-hybridized carbons (Fsp3) is 0.429. The van der Waals surface area contributed by atoms with Gasteiger partial charge in [0.1, 0.15) is 0 Å². The number of amides is 1. The monoisotopic (exact) mass is 451 g/mol. The number of carboxylic acid groups (broad SMARTS) is 1. The molecule has 1 N–H and O–H groups in total. The van der Waals surface area contributed by atoms with Crippen LogP contribution in [0.4, 0.5) is 0 Å². The fourth-order valence-corrected chi connectivity index (χ4v) is 3.33. The minimum Gasteiger partial charge on any atom is -0.481 e. The molecule has 0 aromatic heterocycles. The largest absolute Gasteiger partial charge is 0.481 e. The van der Waals surface area contributed by atoms with Gasteiger partial charge in [-0.05, 0) is 76.5 Å². The lowest BCUT2D eigenvalue weighted by Crippen LogP contribution is -2.48. The van der Waals surface area contributed by atoms with Crippen molar-refractivity contribution in [2.45, 2.75) is 19.8 Å². The number of piperidine rings is 1. The number of aliphatic carboxylic acids is 1. The maximum absolute atomic E-state index is 12.6. The summed E-state index contributed by atoms with van der Waals surface area (Å²) in [6, 6.07) is 5.58. The maximum atomic E-state index is 12.6. The molecule has 0 saturated carbocycles. The van der Waals surface area contributed by atoms with Gasteiger partial charge in [0.05, 0.1) is 11.0 Å². The Morgan fingerprint density at radius 3 is 2.80 bits per heavy atom. The summed E-state index contributed by atoms with van der Waals surface area (Å²) in [6.45, 7) is 2.58. The summed E-state index contributed by atoms with van der Waals surface area (Å²) in [6.07, 6.45) is 1.33. The molecule has 108 valence electrons. The summed E-state index contributed by atoms with van der Waals surface area (Å²) >= 11 is 5.55. The molecule has 6 heteroatoms. The molecule has 0 radical (unpaired) electrons. The minimum atomic E-state index is -0.845. The molecule has 1 saturated heterocycles. The Labute approximate surface area is 139 Å². The van der Waals surface area contributed by atoms with E-state index in [4.69, 9.17) is 0 Å². The van der Waals surface area contributed by atoms with Crippen LogP contribution in [-0.4, -0.2) is 35.0 Å². The van der Waals surface area contributed by atoms with Crippen molar-refractivity contribution in [2.75, 3.05) is 13.1 Å². The lowest BCUT2D eigenvalue weighted by Gasteiger charge is -2.37. The summed E-state index contributed by atoms with van der Waals surface area (Å²) in [5.41, 5.74) is -0.256. The molecule has 0 bridgehead atoms. The first-order valence-electron chi connectivity index (χ1n) is 6.31. The van der Waals surface area contributed by atoms with E-state index in [1.54, 1.807) is 11.8 Å². The first-order chi connectivity index (χ1) is 9.33. The summed E-state index contributed by atoms with van der Waals surface area (Å²) in [5.74, 6) is -0.945. The molecule has 1 unspecified atom stereocenters. The molecule has 1 aliphatic heterocycles. The molecule has 0 aliphatic carbocycles. The van der Waals surface area contributed by atoms with Crippen LogP contribution in [-0.2, 0) is 4.79 Å². The normalized spacial score (nSPS) is 22.6. The lowest BCUT2D eigenvalue weighted by molar-refractivity contribution is -0.150. The minimum absolute atomic E-state index is 0.109. The number of hydrogen-bond acceptors (Lipinski definition) is 2. The lowest BCUT2D eigenvalue weighted by atomic mass is 9.82. The van der Waals surface area contributed by atoms with Crippen molar-refractivity contribution in [3.8, 4) is 0 Å². The van der Waals surface area contributed by atoms with Gasteiger partial charge in [-0.25, -0.2) is 0 Å². The molecule has 2 rings (SSSR count). The molecule has 1 aliphatic rings. The Balaban J connectivity index is 2.25. The van der Waals surface area contributed by atoms with Crippen molar-refractivity contribution in [2.24, 2.45) is 5.41 Å². The van der Waals surface area contributed by atoms with Gasteiger partial charge in [0.25, 0.3) is 5.91 Å². The van der Waals surface area contributed by atoms with E-state index in [1.165, 1.54) is 0 Å². The Kier molecular flexibility index (Phi) is 4.73. The number of carbonyl (C=O) groups excluding carboxylic acids is 1. The highest BCUT2D eigenvalue weighted by atomic mass is 127. The van der Waals surface area contributed by atoms with E-state index >= 15 is 0 Å². The zero-order chi connectivity index (χ0) is 14.9. The summed E-state index contributed by atoms with van der Waals surface area (Å²) in [7, 11) is 0. The van der Waals surface area contributed by atoms with Crippen LogP contribution < -0.4 is 0 Å². The molecular weight excluding hydrogens is 437 g/mol. The highest BCUT2D eigenvalue weighted by Crippen LogP contribution is 2.31. The average Bonchev–Trinajstić information content (AvgIpc) is 2.40. The number of halogens is 2. The average molecular weight is 452 g/mol. The molecule has 1 aromatic carbocycles. The third kappa shape index (κ3) is 3.16. The molecule has 1 atom stereocenters. The predicted molar refractivity (Wildman–Crippen MR) is 87.7 cm³/mol. The SMILES string of the molecule is CC1(C(=O)O)CCCN(C(=O)c2cc(I)ccc2Br)C1. The van der Waals surface area contributed by atoms with Crippen LogP contribution in [0, 0.1) is 8.99 Å². The van der Waals surface area contributed by atoms with Crippen LogP contribution in [0.15, 0.2) is 22.7 Å². The summed E-state index contributed by atoms with van der Waals surface area (Å²) in [5, 5.41) is 9.32. The van der Waals surface area contributed by atoms with Gasteiger partial charge >= 0.3 is 5.97 Å². The highest BCUT2D eigenvalue weighted by Gasteiger charge is 2.39. The quantitative estimate of drug-likeness (QED) is 0.701. The smallest absolute Gasteiger partial charge is 0.311 e. The molecule has 1 aromatic rings. The molecule has 4 nitrogen and oxygen atoms in total. The molecule has 1 amide bonds. The number of carboxylic acids is 1. The van der Waals surface area contributed by atoms with Gasteiger partial charge in [-0.15, -0.1) is 0 Å². The number of rotatable bonds is 2. The topological polar surface area (TPSA) is 57.6 Å². The van der Waals surface area contributed by atoms with E-state index in [0.29, 0.717) is 18.5 Å². The van der Waals surface area contributed by atoms with E-state index in [-0.39, 0.29) is 12.5 Å². The van der Waals surface area contributed by atoms with Crippen molar-refractivity contribution in [3.05, 3.63) is 31.8 Å². The van der Waals surface area contributed by atoms with Crippen molar-refractivity contribution < 1.29 is 14.7 Å². The van der Waals surface area contributed by atoms with Crippen LogP contribution >= 0.6 is 38.5 Å². The van der Waals surface area contributed by atoms with Gasteiger partial charge in [0.15, 0.2) is 0 Å². The molecule has 20 heavy (non-hydrogen) atoms.